The Morgan fingerprint density at radius 1 is 1.25 bits per heavy atom. The molecule has 2 aliphatic rings. The highest BCUT2D eigenvalue weighted by molar-refractivity contribution is 7.89. The van der Waals surface area contributed by atoms with Gasteiger partial charge in [0.2, 0.25) is 15.9 Å². The lowest BCUT2D eigenvalue weighted by atomic mass is 10.1. The van der Waals surface area contributed by atoms with Crippen LogP contribution in [0.5, 0.6) is 5.88 Å². The second kappa shape index (κ2) is 6.49. The van der Waals surface area contributed by atoms with Crippen molar-refractivity contribution < 1.29 is 26.3 Å². The fourth-order valence-corrected chi connectivity index (χ4v) is 5.06. The van der Waals surface area contributed by atoms with Crippen molar-refractivity contribution in [3.05, 3.63) is 18.3 Å². The van der Waals surface area contributed by atoms with Gasteiger partial charge < -0.3 is 10.1 Å². The minimum absolute atomic E-state index is 0.0272. The van der Waals surface area contributed by atoms with Crippen LogP contribution in [0, 0.1) is 0 Å². The molecule has 134 valence electrons. The molecule has 1 N–H and O–H groups in total. The number of hydrogen-bond donors (Lipinski definition) is 1. The number of nitrogens with one attached hydrogen (secondary N) is 1. The van der Waals surface area contributed by atoms with Crippen molar-refractivity contribution in [3.63, 3.8) is 0 Å². The molecule has 2 atom stereocenters. The third-order valence-electron chi connectivity index (χ3n) is 4.26. The van der Waals surface area contributed by atoms with E-state index in [-0.39, 0.29) is 22.9 Å². The van der Waals surface area contributed by atoms with Crippen molar-refractivity contribution >= 4 is 10.0 Å². The number of nitrogens with zero attached hydrogens (tertiary/aromatic N) is 2. The topological polar surface area (TPSA) is 71.5 Å². The monoisotopic (exact) mass is 365 g/mol. The van der Waals surface area contributed by atoms with Crippen molar-refractivity contribution in [2.24, 2.45) is 0 Å². The summed E-state index contributed by atoms with van der Waals surface area (Å²) in [6.45, 7) is -0.0837. The van der Waals surface area contributed by atoms with Crippen molar-refractivity contribution in [1.82, 2.24) is 14.6 Å². The SMILES string of the molecule is O=S(=O)(c1ccc(OCC(F)(F)F)nc1)N1C2CCNCC1CC2. The third-order valence-corrected chi connectivity index (χ3v) is 6.24. The molecule has 2 bridgehead atoms. The molecular weight excluding hydrogens is 347 g/mol. The number of hydrogen-bond acceptors (Lipinski definition) is 5. The van der Waals surface area contributed by atoms with E-state index in [0.717, 1.165) is 38.1 Å². The zero-order chi connectivity index (χ0) is 17.4. The van der Waals surface area contributed by atoms with Gasteiger partial charge in [0, 0.05) is 24.7 Å². The Hall–Kier alpha value is -1.39. The van der Waals surface area contributed by atoms with Crippen LogP contribution in [-0.2, 0) is 10.0 Å². The zero-order valence-electron chi connectivity index (χ0n) is 12.8. The average molecular weight is 365 g/mol. The summed E-state index contributed by atoms with van der Waals surface area (Å²) in [4.78, 5) is 3.67. The molecule has 24 heavy (non-hydrogen) atoms. The summed E-state index contributed by atoms with van der Waals surface area (Å²) in [6, 6.07) is 2.25. The summed E-state index contributed by atoms with van der Waals surface area (Å²) >= 11 is 0. The first kappa shape index (κ1) is 17.4. The van der Waals surface area contributed by atoms with E-state index in [1.165, 1.54) is 10.4 Å². The molecule has 0 aliphatic carbocycles. The minimum Gasteiger partial charge on any atom is -0.468 e. The lowest BCUT2D eigenvalue weighted by molar-refractivity contribution is -0.154. The molecule has 3 rings (SSSR count). The highest BCUT2D eigenvalue weighted by Gasteiger charge is 2.43. The van der Waals surface area contributed by atoms with Crippen molar-refractivity contribution in [1.29, 1.82) is 0 Å². The summed E-state index contributed by atoms with van der Waals surface area (Å²) in [5, 5.41) is 3.22. The fourth-order valence-electron chi connectivity index (χ4n) is 3.21. The number of ether oxygens (including phenoxy) is 1. The number of alkyl halides is 3. The molecule has 2 saturated heterocycles. The molecule has 2 fully saturated rings. The first-order valence-corrected chi connectivity index (χ1v) is 9.11. The first-order valence-electron chi connectivity index (χ1n) is 7.67. The molecule has 10 heteroatoms. The fraction of sp³-hybridized carbons (Fsp3) is 0.643. The second-order valence-electron chi connectivity index (χ2n) is 5.95. The van der Waals surface area contributed by atoms with Crippen LogP contribution in [0.4, 0.5) is 13.2 Å². The van der Waals surface area contributed by atoms with Gasteiger partial charge in [-0.3, -0.25) is 0 Å². The number of fused-ring (bicyclic) bond motifs is 2. The Balaban J connectivity index is 1.77. The van der Waals surface area contributed by atoms with Crippen LogP contribution in [-0.4, -0.2) is 55.7 Å². The number of pyridine rings is 1. The molecule has 1 aromatic rings. The molecule has 2 unspecified atom stereocenters. The molecule has 0 radical (unpaired) electrons. The van der Waals surface area contributed by atoms with E-state index in [1.807, 2.05) is 0 Å². The van der Waals surface area contributed by atoms with Gasteiger partial charge in [0.05, 0.1) is 6.20 Å². The molecule has 0 spiro atoms. The Morgan fingerprint density at radius 2 is 2.00 bits per heavy atom. The van der Waals surface area contributed by atoms with E-state index in [4.69, 9.17) is 0 Å². The molecule has 0 saturated carbocycles. The van der Waals surface area contributed by atoms with Gasteiger partial charge in [-0.1, -0.05) is 0 Å². The number of halogens is 3. The highest BCUT2D eigenvalue weighted by Crippen LogP contribution is 2.33. The van der Waals surface area contributed by atoms with E-state index in [1.54, 1.807) is 0 Å². The van der Waals surface area contributed by atoms with Crippen molar-refractivity contribution in [2.45, 2.75) is 42.4 Å². The lowest BCUT2D eigenvalue weighted by Crippen LogP contribution is -2.42. The molecule has 1 aromatic heterocycles. The molecule has 3 heterocycles. The quantitative estimate of drug-likeness (QED) is 0.876. The Kier molecular flexibility index (Phi) is 4.71. The van der Waals surface area contributed by atoms with Gasteiger partial charge in [0.1, 0.15) is 4.90 Å². The van der Waals surface area contributed by atoms with E-state index in [9.17, 15) is 21.6 Å². The Labute approximate surface area is 138 Å². The van der Waals surface area contributed by atoms with Crippen LogP contribution in [0.3, 0.4) is 0 Å². The predicted octanol–water partition coefficient (Wildman–Crippen LogP) is 1.54. The average Bonchev–Trinajstić information content (AvgIpc) is 2.79. The van der Waals surface area contributed by atoms with Gasteiger partial charge in [-0.25, -0.2) is 13.4 Å². The maximum absolute atomic E-state index is 12.9. The van der Waals surface area contributed by atoms with Gasteiger partial charge in [0.15, 0.2) is 6.61 Å². The van der Waals surface area contributed by atoms with Crippen LogP contribution in [0.25, 0.3) is 0 Å². The second-order valence-corrected chi connectivity index (χ2v) is 7.79. The van der Waals surface area contributed by atoms with E-state index in [2.05, 4.69) is 15.0 Å². The predicted molar refractivity (Wildman–Crippen MR) is 79.1 cm³/mol. The minimum atomic E-state index is -4.47. The van der Waals surface area contributed by atoms with Gasteiger partial charge in [0.25, 0.3) is 0 Å². The normalized spacial score (nSPS) is 25.5. The van der Waals surface area contributed by atoms with Crippen molar-refractivity contribution in [2.75, 3.05) is 19.7 Å². The Morgan fingerprint density at radius 3 is 2.67 bits per heavy atom. The van der Waals surface area contributed by atoms with Gasteiger partial charge in [-0.2, -0.15) is 17.5 Å². The molecular formula is C14H18F3N3O3S. The number of aromatic nitrogens is 1. The Bertz CT molecular complexity index is 665. The molecule has 2 aliphatic heterocycles. The maximum atomic E-state index is 12.9. The first-order chi connectivity index (χ1) is 11.3. The zero-order valence-corrected chi connectivity index (χ0v) is 13.6. The van der Waals surface area contributed by atoms with Crippen LogP contribution in [0.1, 0.15) is 19.3 Å². The van der Waals surface area contributed by atoms with E-state index >= 15 is 0 Å². The van der Waals surface area contributed by atoms with E-state index < -0.39 is 22.8 Å². The van der Waals surface area contributed by atoms with Crippen LogP contribution < -0.4 is 10.1 Å². The van der Waals surface area contributed by atoms with Crippen LogP contribution in [0.15, 0.2) is 23.2 Å². The largest absolute Gasteiger partial charge is 0.468 e. The summed E-state index contributed by atoms with van der Waals surface area (Å²) in [7, 11) is -3.73. The lowest BCUT2D eigenvalue weighted by Gasteiger charge is -2.26. The summed E-state index contributed by atoms with van der Waals surface area (Å²) in [5.41, 5.74) is 0. The molecule has 0 amide bonds. The molecule has 6 nitrogen and oxygen atoms in total. The standard InChI is InChI=1S/C14H18F3N3O3S/c15-14(16,17)9-23-13-4-3-12(8-19-13)24(21,22)20-10-1-2-11(20)7-18-6-5-10/h3-4,8,10-11,18H,1-2,5-7,9H2. The number of sulfonamides is 1. The number of rotatable bonds is 4. The summed E-state index contributed by atoms with van der Waals surface area (Å²) < 4.78 is 68.1. The summed E-state index contributed by atoms with van der Waals surface area (Å²) in [6.07, 6.45) is -1.04. The van der Waals surface area contributed by atoms with Gasteiger partial charge in [-0.15, -0.1) is 0 Å². The van der Waals surface area contributed by atoms with E-state index in [0.29, 0.717) is 6.54 Å². The smallest absolute Gasteiger partial charge is 0.422 e. The highest BCUT2D eigenvalue weighted by atomic mass is 32.2. The third kappa shape index (κ3) is 3.65. The van der Waals surface area contributed by atoms with Crippen molar-refractivity contribution in [3.8, 4) is 5.88 Å². The van der Waals surface area contributed by atoms with Gasteiger partial charge in [-0.05, 0) is 31.9 Å². The summed E-state index contributed by atoms with van der Waals surface area (Å²) in [5.74, 6) is -0.258. The van der Waals surface area contributed by atoms with Crippen LogP contribution in [0.2, 0.25) is 0 Å². The van der Waals surface area contributed by atoms with Crippen LogP contribution >= 0.6 is 0 Å². The maximum Gasteiger partial charge on any atom is 0.422 e. The molecule has 0 aromatic carbocycles. The van der Waals surface area contributed by atoms with Gasteiger partial charge >= 0.3 is 6.18 Å².